The Morgan fingerprint density at radius 3 is 2.94 bits per heavy atom. The summed E-state index contributed by atoms with van der Waals surface area (Å²) in [5.41, 5.74) is 1.17. The van der Waals surface area contributed by atoms with Gasteiger partial charge in [0.05, 0.1) is 31.8 Å². The van der Waals surface area contributed by atoms with E-state index in [0.717, 1.165) is 19.4 Å². The van der Waals surface area contributed by atoms with Gasteiger partial charge in [0.25, 0.3) is 0 Å². The number of rotatable bonds is 3. The fourth-order valence-corrected chi connectivity index (χ4v) is 2.30. The SMILES string of the molecule is COC(=O)C1=C(C)N(C[C@@H]2CCCO2)C(=O)C1. The molecule has 2 aliphatic rings. The first kappa shape index (κ1) is 12.1. The van der Waals surface area contributed by atoms with Gasteiger partial charge < -0.3 is 14.4 Å². The Hall–Kier alpha value is -1.36. The van der Waals surface area contributed by atoms with Gasteiger partial charge in [-0.3, -0.25) is 4.79 Å². The van der Waals surface area contributed by atoms with E-state index in [1.54, 1.807) is 11.8 Å². The average Bonchev–Trinajstić information content (AvgIpc) is 2.91. The van der Waals surface area contributed by atoms with Crippen LogP contribution in [-0.2, 0) is 19.1 Å². The number of allylic oxidation sites excluding steroid dienone is 1. The van der Waals surface area contributed by atoms with Crippen LogP contribution in [0.15, 0.2) is 11.3 Å². The van der Waals surface area contributed by atoms with Crippen LogP contribution < -0.4 is 0 Å². The lowest BCUT2D eigenvalue weighted by Gasteiger charge is -2.21. The standard InChI is InChI=1S/C12H17NO4/c1-8-10(12(15)16-2)6-11(14)13(8)7-9-4-3-5-17-9/h9H,3-7H2,1-2H3/t9-/m0/s1. The molecule has 0 aromatic carbocycles. The Labute approximate surface area is 100 Å². The summed E-state index contributed by atoms with van der Waals surface area (Å²) in [5, 5.41) is 0. The van der Waals surface area contributed by atoms with Crippen molar-refractivity contribution in [2.75, 3.05) is 20.3 Å². The Morgan fingerprint density at radius 1 is 1.59 bits per heavy atom. The van der Waals surface area contributed by atoms with Crippen LogP contribution in [0.1, 0.15) is 26.2 Å². The summed E-state index contributed by atoms with van der Waals surface area (Å²) in [7, 11) is 1.33. The first-order chi connectivity index (χ1) is 8.13. The van der Waals surface area contributed by atoms with Gasteiger partial charge in [0.2, 0.25) is 5.91 Å². The Morgan fingerprint density at radius 2 is 2.35 bits per heavy atom. The monoisotopic (exact) mass is 239 g/mol. The molecule has 0 N–H and O–H groups in total. The molecular weight excluding hydrogens is 222 g/mol. The molecule has 0 aliphatic carbocycles. The van der Waals surface area contributed by atoms with Crippen LogP contribution in [0.3, 0.4) is 0 Å². The van der Waals surface area contributed by atoms with Gasteiger partial charge >= 0.3 is 5.97 Å². The van der Waals surface area contributed by atoms with Crippen LogP contribution in [0.5, 0.6) is 0 Å². The molecule has 1 fully saturated rings. The van der Waals surface area contributed by atoms with Gasteiger partial charge in [-0.1, -0.05) is 0 Å². The number of esters is 1. The molecule has 0 aromatic rings. The highest BCUT2D eigenvalue weighted by molar-refractivity contribution is 6.00. The summed E-state index contributed by atoms with van der Waals surface area (Å²) >= 11 is 0. The van der Waals surface area contributed by atoms with E-state index in [1.165, 1.54) is 7.11 Å². The maximum absolute atomic E-state index is 11.8. The van der Waals surface area contributed by atoms with Gasteiger partial charge in [0.1, 0.15) is 0 Å². The quantitative estimate of drug-likeness (QED) is 0.685. The predicted octanol–water partition coefficient (Wildman–Crippen LogP) is 0.845. The zero-order valence-electron chi connectivity index (χ0n) is 10.2. The number of ether oxygens (including phenoxy) is 2. The van der Waals surface area contributed by atoms with Crippen LogP contribution in [-0.4, -0.2) is 43.1 Å². The zero-order valence-corrected chi connectivity index (χ0v) is 10.2. The van der Waals surface area contributed by atoms with E-state index in [0.29, 0.717) is 17.8 Å². The number of hydrogen-bond acceptors (Lipinski definition) is 4. The number of carbonyl (C=O) groups is 2. The van der Waals surface area contributed by atoms with E-state index < -0.39 is 5.97 Å². The van der Waals surface area contributed by atoms with E-state index >= 15 is 0 Å². The molecule has 2 rings (SSSR count). The van der Waals surface area contributed by atoms with Gasteiger partial charge in [-0.25, -0.2) is 4.79 Å². The first-order valence-corrected chi connectivity index (χ1v) is 5.83. The third-order valence-corrected chi connectivity index (χ3v) is 3.31. The van der Waals surface area contributed by atoms with Crippen molar-refractivity contribution in [3.63, 3.8) is 0 Å². The molecule has 0 aromatic heterocycles. The molecule has 5 nitrogen and oxygen atoms in total. The van der Waals surface area contributed by atoms with Gasteiger partial charge in [0, 0.05) is 12.3 Å². The fourth-order valence-electron chi connectivity index (χ4n) is 2.30. The van der Waals surface area contributed by atoms with E-state index in [1.807, 2.05) is 0 Å². The highest BCUT2D eigenvalue weighted by Crippen LogP contribution is 2.26. The Kier molecular flexibility index (Phi) is 3.47. The normalized spacial score (nSPS) is 24.7. The van der Waals surface area contributed by atoms with Crippen LogP contribution in [0, 0.1) is 0 Å². The van der Waals surface area contributed by atoms with Crippen molar-refractivity contribution in [2.45, 2.75) is 32.3 Å². The van der Waals surface area contributed by atoms with Crippen molar-refractivity contribution in [3.05, 3.63) is 11.3 Å². The Balaban J connectivity index is 2.08. The maximum atomic E-state index is 11.8. The molecule has 0 unspecified atom stereocenters. The molecule has 17 heavy (non-hydrogen) atoms. The largest absolute Gasteiger partial charge is 0.466 e. The number of amides is 1. The van der Waals surface area contributed by atoms with Gasteiger partial charge in [-0.05, 0) is 19.8 Å². The summed E-state index contributed by atoms with van der Waals surface area (Å²) in [6.07, 6.45) is 2.26. The molecule has 0 bridgehead atoms. The number of methoxy groups -OCH3 is 1. The summed E-state index contributed by atoms with van der Waals surface area (Å²) in [6, 6.07) is 0. The smallest absolute Gasteiger partial charge is 0.336 e. The second-order valence-electron chi connectivity index (χ2n) is 4.37. The lowest BCUT2D eigenvalue weighted by molar-refractivity contribution is -0.137. The molecule has 0 spiro atoms. The minimum Gasteiger partial charge on any atom is -0.466 e. The van der Waals surface area contributed by atoms with Gasteiger partial charge in [0.15, 0.2) is 0 Å². The van der Waals surface area contributed by atoms with Crippen molar-refractivity contribution in [3.8, 4) is 0 Å². The van der Waals surface area contributed by atoms with Crippen LogP contribution >= 0.6 is 0 Å². The van der Waals surface area contributed by atoms with E-state index in [9.17, 15) is 9.59 Å². The molecule has 2 heterocycles. The molecule has 1 saturated heterocycles. The highest BCUT2D eigenvalue weighted by Gasteiger charge is 2.33. The summed E-state index contributed by atoms with van der Waals surface area (Å²) < 4.78 is 10.2. The summed E-state index contributed by atoms with van der Waals surface area (Å²) in [4.78, 5) is 24.9. The van der Waals surface area contributed by atoms with E-state index in [2.05, 4.69) is 4.74 Å². The molecule has 0 radical (unpaired) electrons. The van der Waals surface area contributed by atoms with Crippen LogP contribution in [0.2, 0.25) is 0 Å². The minimum atomic E-state index is -0.411. The van der Waals surface area contributed by atoms with Crippen molar-refractivity contribution >= 4 is 11.9 Å². The topological polar surface area (TPSA) is 55.8 Å². The van der Waals surface area contributed by atoms with Crippen LogP contribution in [0.25, 0.3) is 0 Å². The van der Waals surface area contributed by atoms with Crippen molar-refractivity contribution in [1.82, 2.24) is 4.90 Å². The molecule has 1 atom stereocenters. The molecular formula is C12H17NO4. The van der Waals surface area contributed by atoms with Crippen molar-refractivity contribution in [2.24, 2.45) is 0 Å². The van der Waals surface area contributed by atoms with E-state index in [-0.39, 0.29) is 18.4 Å². The summed E-state index contributed by atoms with van der Waals surface area (Å²) in [5.74, 6) is -0.455. The lowest BCUT2D eigenvalue weighted by Crippen LogP contribution is -2.32. The Bertz CT molecular complexity index is 369. The molecule has 1 amide bonds. The van der Waals surface area contributed by atoms with Crippen LogP contribution in [0.4, 0.5) is 0 Å². The molecule has 94 valence electrons. The highest BCUT2D eigenvalue weighted by atomic mass is 16.5. The minimum absolute atomic E-state index is 0.0431. The fraction of sp³-hybridized carbons (Fsp3) is 0.667. The molecule has 5 heteroatoms. The van der Waals surface area contributed by atoms with Crippen molar-refractivity contribution in [1.29, 1.82) is 0 Å². The molecule has 0 saturated carbocycles. The second kappa shape index (κ2) is 4.87. The molecule has 2 aliphatic heterocycles. The lowest BCUT2D eigenvalue weighted by atomic mass is 10.2. The van der Waals surface area contributed by atoms with Crippen molar-refractivity contribution < 1.29 is 19.1 Å². The first-order valence-electron chi connectivity index (χ1n) is 5.83. The third kappa shape index (κ3) is 2.34. The number of carbonyl (C=O) groups excluding carboxylic acids is 2. The maximum Gasteiger partial charge on any atom is 0.336 e. The predicted molar refractivity (Wildman–Crippen MR) is 60.0 cm³/mol. The van der Waals surface area contributed by atoms with Gasteiger partial charge in [-0.2, -0.15) is 0 Å². The van der Waals surface area contributed by atoms with E-state index in [4.69, 9.17) is 4.74 Å². The zero-order chi connectivity index (χ0) is 12.4. The second-order valence-corrected chi connectivity index (χ2v) is 4.37. The summed E-state index contributed by atoms with van der Waals surface area (Å²) in [6.45, 7) is 3.09. The number of nitrogens with zero attached hydrogens (tertiary/aromatic N) is 1. The third-order valence-electron chi connectivity index (χ3n) is 3.31. The van der Waals surface area contributed by atoms with Gasteiger partial charge in [-0.15, -0.1) is 0 Å². The average molecular weight is 239 g/mol. The number of hydrogen-bond donors (Lipinski definition) is 0.